The van der Waals surface area contributed by atoms with Crippen LogP contribution in [0.5, 0.6) is 0 Å². The largest absolute Gasteiger partial charge is 0.326 e. The van der Waals surface area contributed by atoms with Crippen LogP contribution in [0.25, 0.3) is 32.7 Å². The zero-order chi connectivity index (χ0) is 19.7. The first kappa shape index (κ1) is 17.7. The zero-order valence-corrected chi connectivity index (χ0v) is 15.7. The Bertz CT molecular complexity index is 1130. The van der Waals surface area contributed by atoms with E-state index in [2.05, 4.69) is 10.6 Å². The smallest absolute Gasteiger partial charge is 0.221 e. The van der Waals surface area contributed by atoms with Gasteiger partial charge >= 0.3 is 0 Å². The Kier molecular flexibility index (Phi) is 4.53. The third kappa shape index (κ3) is 3.21. The van der Waals surface area contributed by atoms with Gasteiger partial charge in [-0.05, 0) is 33.7 Å². The van der Waals surface area contributed by atoms with Crippen molar-refractivity contribution in [1.82, 2.24) is 0 Å². The molecule has 0 spiro atoms. The summed E-state index contributed by atoms with van der Waals surface area (Å²) in [7, 11) is 0. The summed E-state index contributed by atoms with van der Waals surface area (Å²) in [6.45, 7) is 2.99. The van der Waals surface area contributed by atoms with Crippen molar-refractivity contribution in [2.75, 3.05) is 10.6 Å². The highest BCUT2D eigenvalue weighted by molar-refractivity contribution is 6.16. The summed E-state index contributed by atoms with van der Waals surface area (Å²) < 4.78 is 0. The summed E-state index contributed by atoms with van der Waals surface area (Å²) in [4.78, 5) is 23.8. The Hall–Kier alpha value is -3.66. The molecule has 0 saturated heterocycles. The molecule has 0 aliphatic heterocycles. The molecule has 4 nitrogen and oxygen atoms in total. The van der Waals surface area contributed by atoms with Crippen molar-refractivity contribution < 1.29 is 9.59 Å². The van der Waals surface area contributed by atoms with E-state index < -0.39 is 0 Å². The van der Waals surface area contributed by atoms with Crippen molar-refractivity contribution in [2.45, 2.75) is 13.8 Å². The fourth-order valence-electron chi connectivity index (χ4n) is 3.67. The summed E-state index contributed by atoms with van der Waals surface area (Å²) in [5, 5.41) is 10.1. The minimum absolute atomic E-state index is 0.141. The monoisotopic (exact) mass is 368 g/mol. The van der Waals surface area contributed by atoms with Crippen LogP contribution in [-0.4, -0.2) is 11.8 Å². The molecule has 0 aliphatic carbocycles. The Morgan fingerprint density at radius 2 is 0.964 bits per heavy atom. The number of anilines is 2. The summed E-state index contributed by atoms with van der Waals surface area (Å²) in [5.74, 6) is -0.282. The van der Waals surface area contributed by atoms with Crippen molar-refractivity contribution in [1.29, 1.82) is 0 Å². The summed E-state index contributed by atoms with van der Waals surface area (Å²) in [6, 6.07) is 23.9. The maximum absolute atomic E-state index is 11.9. The predicted octanol–water partition coefficient (Wildman–Crippen LogP) is 5.58. The minimum atomic E-state index is -0.141. The fraction of sp³-hybridized carbons (Fsp3) is 0.0833. The fourth-order valence-corrected chi connectivity index (χ4v) is 3.67. The van der Waals surface area contributed by atoms with Crippen molar-refractivity contribution >= 4 is 44.7 Å². The lowest BCUT2D eigenvalue weighted by atomic mass is 9.91. The lowest BCUT2D eigenvalue weighted by Gasteiger charge is -2.19. The zero-order valence-electron chi connectivity index (χ0n) is 15.7. The van der Waals surface area contributed by atoms with Crippen LogP contribution in [0.1, 0.15) is 13.8 Å². The normalized spacial score (nSPS) is 10.8. The lowest BCUT2D eigenvalue weighted by Crippen LogP contribution is -2.10. The summed E-state index contributed by atoms with van der Waals surface area (Å²) in [5.41, 5.74) is 3.23. The standard InChI is InChI=1S/C24H20N2O2/c1-15(27)25-21-13-11-17-7-3-5-9-19(17)23(21)24-20-10-6-4-8-18(20)12-14-22(24)26-16(2)28/h3-14H,1-2H3,(H,25,27)(H,26,28). The Morgan fingerprint density at radius 1 is 0.571 bits per heavy atom. The van der Waals surface area contributed by atoms with Gasteiger partial charge in [-0.1, -0.05) is 60.7 Å². The number of nitrogens with one attached hydrogen (secondary N) is 2. The number of fused-ring (bicyclic) bond motifs is 2. The highest BCUT2D eigenvalue weighted by Crippen LogP contribution is 2.43. The SMILES string of the molecule is CC(=O)Nc1ccc2ccccc2c1-c1c(NC(C)=O)ccc2ccccc12. The Morgan fingerprint density at radius 3 is 1.36 bits per heavy atom. The molecule has 4 rings (SSSR count). The van der Waals surface area contributed by atoms with Gasteiger partial charge in [0, 0.05) is 36.3 Å². The molecule has 138 valence electrons. The molecule has 0 bridgehead atoms. The van der Waals surface area contributed by atoms with Crippen molar-refractivity contribution in [3.05, 3.63) is 72.8 Å². The van der Waals surface area contributed by atoms with Crippen molar-refractivity contribution in [3.8, 4) is 11.1 Å². The molecule has 4 aromatic rings. The van der Waals surface area contributed by atoms with Gasteiger partial charge in [0.25, 0.3) is 0 Å². The molecular formula is C24H20N2O2. The molecule has 2 amide bonds. The van der Waals surface area contributed by atoms with Crippen LogP contribution in [0.3, 0.4) is 0 Å². The average Bonchev–Trinajstić information content (AvgIpc) is 2.67. The van der Waals surface area contributed by atoms with Gasteiger partial charge in [-0.15, -0.1) is 0 Å². The molecule has 2 N–H and O–H groups in total. The van der Waals surface area contributed by atoms with E-state index in [0.29, 0.717) is 11.4 Å². The second-order valence-electron chi connectivity index (χ2n) is 6.78. The van der Waals surface area contributed by atoms with E-state index in [1.807, 2.05) is 72.8 Å². The van der Waals surface area contributed by atoms with E-state index in [0.717, 1.165) is 32.7 Å². The van der Waals surface area contributed by atoms with Crippen LogP contribution in [0.2, 0.25) is 0 Å². The van der Waals surface area contributed by atoms with Gasteiger partial charge in [0.2, 0.25) is 11.8 Å². The number of benzene rings is 4. The quantitative estimate of drug-likeness (QED) is 0.496. The molecule has 4 heteroatoms. The van der Waals surface area contributed by atoms with E-state index in [4.69, 9.17) is 0 Å². The third-order valence-electron chi connectivity index (χ3n) is 4.73. The molecule has 0 radical (unpaired) electrons. The predicted molar refractivity (Wildman–Crippen MR) is 115 cm³/mol. The van der Waals surface area contributed by atoms with Gasteiger partial charge < -0.3 is 10.6 Å². The first-order valence-corrected chi connectivity index (χ1v) is 9.13. The molecule has 0 fully saturated rings. The van der Waals surface area contributed by atoms with Crippen LogP contribution in [0.15, 0.2) is 72.8 Å². The van der Waals surface area contributed by atoms with E-state index in [1.165, 1.54) is 13.8 Å². The van der Waals surface area contributed by atoms with E-state index in [1.54, 1.807) is 0 Å². The van der Waals surface area contributed by atoms with Crippen LogP contribution in [0.4, 0.5) is 11.4 Å². The van der Waals surface area contributed by atoms with Gasteiger partial charge in [0.1, 0.15) is 0 Å². The van der Waals surface area contributed by atoms with Crippen molar-refractivity contribution in [2.24, 2.45) is 0 Å². The second-order valence-corrected chi connectivity index (χ2v) is 6.78. The second kappa shape index (κ2) is 7.16. The molecule has 28 heavy (non-hydrogen) atoms. The summed E-state index contributed by atoms with van der Waals surface area (Å²) in [6.07, 6.45) is 0. The molecule has 0 aromatic heterocycles. The van der Waals surface area contributed by atoms with Gasteiger partial charge in [-0.2, -0.15) is 0 Å². The van der Waals surface area contributed by atoms with Crippen LogP contribution in [-0.2, 0) is 9.59 Å². The topological polar surface area (TPSA) is 58.2 Å². The number of amides is 2. The molecule has 0 unspecified atom stereocenters. The first-order chi connectivity index (χ1) is 13.5. The van der Waals surface area contributed by atoms with Gasteiger partial charge in [-0.3, -0.25) is 9.59 Å². The van der Waals surface area contributed by atoms with E-state index in [-0.39, 0.29) is 11.8 Å². The van der Waals surface area contributed by atoms with Gasteiger partial charge in [0.15, 0.2) is 0 Å². The van der Waals surface area contributed by atoms with E-state index in [9.17, 15) is 9.59 Å². The number of hydrogen-bond acceptors (Lipinski definition) is 2. The maximum atomic E-state index is 11.9. The number of carbonyl (C=O) groups is 2. The first-order valence-electron chi connectivity index (χ1n) is 9.13. The number of hydrogen-bond donors (Lipinski definition) is 2. The third-order valence-corrected chi connectivity index (χ3v) is 4.73. The van der Waals surface area contributed by atoms with Crippen LogP contribution >= 0.6 is 0 Å². The molecule has 0 saturated carbocycles. The molecule has 4 aromatic carbocycles. The maximum Gasteiger partial charge on any atom is 0.221 e. The number of carbonyl (C=O) groups excluding carboxylic acids is 2. The molecule has 0 aliphatic rings. The van der Waals surface area contributed by atoms with Crippen LogP contribution < -0.4 is 10.6 Å². The highest BCUT2D eigenvalue weighted by Gasteiger charge is 2.18. The molecular weight excluding hydrogens is 348 g/mol. The highest BCUT2D eigenvalue weighted by atomic mass is 16.2. The van der Waals surface area contributed by atoms with Crippen molar-refractivity contribution in [3.63, 3.8) is 0 Å². The molecule has 0 atom stereocenters. The molecule has 0 heterocycles. The minimum Gasteiger partial charge on any atom is -0.326 e. The summed E-state index contributed by atoms with van der Waals surface area (Å²) >= 11 is 0. The lowest BCUT2D eigenvalue weighted by molar-refractivity contribution is -0.115. The van der Waals surface area contributed by atoms with Gasteiger partial charge in [0.05, 0.1) is 0 Å². The Balaban J connectivity index is 2.16. The average molecular weight is 368 g/mol. The van der Waals surface area contributed by atoms with Gasteiger partial charge in [-0.25, -0.2) is 0 Å². The van der Waals surface area contributed by atoms with Crippen LogP contribution in [0, 0.1) is 0 Å². The van der Waals surface area contributed by atoms with E-state index >= 15 is 0 Å². The Labute approximate surface area is 163 Å². The number of rotatable bonds is 3.